The van der Waals surface area contributed by atoms with E-state index in [0.717, 1.165) is 35.5 Å². The normalized spacial score (nSPS) is 22.1. The van der Waals surface area contributed by atoms with E-state index in [1.807, 2.05) is 73.6 Å². The Morgan fingerprint density at radius 2 is 1.68 bits per heavy atom. The van der Waals surface area contributed by atoms with Gasteiger partial charge in [-0.15, -0.1) is 0 Å². The molecule has 2 heterocycles. The molecular formula is C34H39N4O3+. The van der Waals surface area contributed by atoms with E-state index in [4.69, 9.17) is 4.74 Å². The van der Waals surface area contributed by atoms with Crippen molar-refractivity contribution in [2.75, 3.05) is 52.8 Å². The number of ether oxygens (including phenoxy) is 1. The minimum absolute atomic E-state index is 0.00362. The van der Waals surface area contributed by atoms with Gasteiger partial charge in [-0.2, -0.15) is 0 Å². The summed E-state index contributed by atoms with van der Waals surface area (Å²) in [5.41, 5.74) is 3.84. The monoisotopic (exact) mass is 551 g/mol. The molecule has 2 amide bonds. The molecule has 0 spiro atoms. The van der Waals surface area contributed by atoms with E-state index in [9.17, 15) is 9.90 Å². The molecule has 2 N–H and O–H groups in total. The van der Waals surface area contributed by atoms with Crippen LogP contribution in [-0.2, 0) is 0 Å². The minimum Gasteiger partial charge on any atom is -0.497 e. The molecule has 3 aromatic rings. The number of benzene rings is 3. The summed E-state index contributed by atoms with van der Waals surface area (Å²) in [5, 5.41) is 13.5. The number of aliphatic hydroxyl groups excluding tert-OH is 1. The zero-order chi connectivity index (χ0) is 28.8. The van der Waals surface area contributed by atoms with E-state index in [1.165, 1.54) is 5.56 Å². The van der Waals surface area contributed by atoms with Gasteiger partial charge in [0.2, 0.25) is 0 Å². The number of anilines is 1. The van der Waals surface area contributed by atoms with E-state index in [1.54, 1.807) is 7.11 Å². The Kier molecular flexibility index (Phi) is 9.03. The molecule has 2 saturated heterocycles. The van der Waals surface area contributed by atoms with Crippen LogP contribution in [0.4, 0.5) is 10.5 Å². The number of rotatable bonds is 5. The molecule has 41 heavy (non-hydrogen) atoms. The quantitative estimate of drug-likeness (QED) is 0.285. The van der Waals surface area contributed by atoms with Crippen LogP contribution in [0.5, 0.6) is 5.75 Å². The van der Waals surface area contributed by atoms with Crippen LogP contribution in [0.25, 0.3) is 0 Å². The highest BCUT2D eigenvalue weighted by molar-refractivity contribution is 5.89. The van der Waals surface area contributed by atoms with Crippen molar-refractivity contribution >= 4 is 17.9 Å². The highest BCUT2D eigenvalue weighted by atomic mass is 16.5. The van der Waals surface area contributed by atoms with Crippen molar-refractivity contribution in [3.63, 3.8) is 0 Å². The molecule has 4 atom stereocenters. The molecular weight excluding hydrogens is 512 g/mol. The molecule has 7 heteroatoms. The number of hydrogen-bond acceptors (Lipinski definition) is 4. The molecule has 2 aliphatic heterocycles. The first-order chi connectivity index (χ1) is 19.9. The first kappa shape index (κ1) is 28.4. The van der Waals surface area contributed by atoms with Gasteiger partial charge in [-0.25, -0.2) is 9.37 Å². The van der Waals surface area contributed by atoms with Gasteiger partial charge in [-0.3, -0.25) is 4.90 Å². The molecule has 2 fully saturated rings. The van der Waals surface area contributed by atoms with Crippen molar-refractivity contribution in [2.45, 2.75) is 24.4 Å². The fourth-order valence-electron chi connectivity index (χ4n) is 6.03. The lowest BCUT2D eigenvalue weighted by atomic mass is 9.73. The van der Waals surface area contributed by atoms with Crippen molar-refractivity contribution < 1.29 is 19.2 Å². The topological polar surface area (TPSA) is 68.0 Å². The van der Waals surface area contributed by atoms with Crippen molar-refractivity contribution in [2.24, 2.45) is 5.92 Å². The summed E-state index contributed by atoms with van der Waals surface area (Å²) in [6.45, 7) is 2.18. The van der Waals surface area contributed by atoms with E-state index in [-0.39, 0.29) is 36.6 Å². The van der Waals surface area contributed by atoms with E-state index < -0.39 is 0 Å². The van der Waals surface area contributed by atoms with Crippen LogP contribution < -0.4 is 10.1 Å². The fourth-order valence-corrected chi connectivity index (χ4v) is 6.03. The summed E-state index contributed by atoms with van der Waals surface area (Å²) >= 11 is 0. The van der Waals surface area contributed by atoms with Gasteiger partial charge in [-0.05, 0) is 60.5 Å². The lowest BCUT2D eigenvalue weighted by Gasteiger charge is -2.57. The molecule has 0 aliphatic carbocycles. The Morgan fingerprint density at radius 1 is 1.00 bits per heavy atom. The lowest BCUT2D eigenvalue weighted by molar-refractivity contribution is -0.462. The SMILES string of the molecule is COc1ccc(NC(=O)N2CCC(C=[N+](C)C)CN3[C@H](CO)[C@H](c4ccc(C#Cc5ccccc5)cc4)[C@@H]3C2)cc1. The van der Waals surface area contributed by atoms with E-state index >= 15 is 0 Å². The van der Waals surface area contributed by atoms with Gasteiger partial charge in [0.25, 0.3) is 0 Å². The molecule has 1 unspecified atom stereocenters. The second kappa shape index (κ2) is 13.0. The average molecular weight is 552 g/mol. The third-order valence-corrected chi connectivity index (χ3v) is 8.05. The largest absolute Gasteiger partial charge is 0.497 e. The fraction of sp³-hybridized carbons (Fsp3) is 0.353. The zero-order valence-electron chi connectivity index (χ0n) is 24.0. The third kappa shape index (κ3) is 6.79. The van der Waals surface area contributed by atoms with Crippen molar-refractivity contribution in [3.05, 3.63) is 95.6 Å². The molecule has 0 bridgehead atoms. The number of hydrogen-bond donors (Lipinski definition) is 2. The molecule has 2 aliphatic rings. The molecule has 3 aromatic carbocycles. The summed E-state index contributed by atoms with van der Waals surface area (Å²) in [6, 6.07) is 25.7. The summed E-state index contributed by atoms with van der Waals surface area (Å²) in [6.07, 6.45) is 3.08. The number of aliphatic hydroxyl groups is 1. The minimum atomic E-state index is -0.113. The van der Waals surface area contributed by atoms with Gasteiger partial charge in [0, 0.05) is 54.5 Å². The molecule has 212 valence electrons. The number of amides is 2. The molecule has 7 nitrogen and oxygen atoms in total. The first-order valence-corrected chi connectivity index (χ1v) is 14.2. The number of carbonyl (C=O) groups excluding carboxylic acids is 1. The Morgan fingerprint density at radius 3 is 2.32 bits per heavy atom. The Bertz CT molecular complexity index is 1410. The van der Waals surface area contributed by atoms with Crippen LogP contribution in [0.2, 0.25) is 0 Å². The summed E-state index contributed by atoms with van der Waals surface area (Å²) < 4.78 is 7.34. The van der Waals surface area contributed by atoms with Crippen LogP contribution in [0.1, 0.15) is 29.0 Å². The third-order valence-electron chi connectivity index (χ3n) is 8.05. The van der Waals surface area contributed by atoms with Crippen molar-refractivity contribution in [1.82, 2.24) is 9.80 Å². The predicted octanol–water partition coefficient (Wildman–Crippen LogP) is 4.12. The maximum atomic E-state index is 13.5. The molecule has 5 rings (SSSR count). The average Bonchev–Trinajstić information content (AvgIpc) is 2.98. The Balaban J connectivity index is 1.37. The highest BCUT2D eigenvalue weighted by Crippen LogP contribution is 2.42. The molecule has 0 radical (unpaired) electrons. The van der Waals surface area contributed by atoms with Gasteiger partial charge >= 0.3 is 6.03 Å². The second-order valence-electron chi connectivity index (χ2n) is 11.0. The summed E-state index contributed by atoms with van der Waals surface area (Å²) in [5.74, 6) is 7.61. The number of carbonyl (C=O) groups is 1. The van der Waals surface area contributed by atoms with E-state index in [0.29, 0.717) is 13.1 Å². The number of nitrogens with zero attached hydrogens (tertiary/aromatic N) is 3. The van der Waals surface area contributed by atoms with Gasteiger partial charge in [-0.1, -0.05) is 42.2 Å². The first-order valence-electron chi connectivity index (χ1n) is 14.2. The predicted molar refractivity (Wildman–Crippen MR) is 163 cm³/mol. The lowest BCUT2D eigenvalue weighted by Crippen LogP contribution is -2.69. The van der Waals surface area contributed by atoms with Crippen LogP contribution >= 0.6 is 0 Å². The number of urea groups is 1. The summed E-state index contributed by atoms with van der Waals surface area (Å²) in [4.78, 5) is 17.8. The maximum Gasteiger partial charge on any atom is 0.321 e. The number of fused-ring (bicyclic) bond motifs is 1. The smallest absolute Gasteiger partial charge is 0.321 e. The number of methoxy groups -OCH3 is 1. The van der Waals surface area contributed by atoms with E-state index in [2.05, 4.69) is 57.1 Å². The van der Waals surface area contributed by atoms with Crippen LogP contribution in [0.15, 0.2) is 78.9 Å². The maximum absolute atomic E-state index is 13.5. The standard InChI is InChI=1S/C34H38N4O3/c1-36(2)21-27-19-20-37(34(40)35-29-15-17-30(41-3)18-16-29)23-31-33(32(24-39)38(31)22-27)28-13-11-26(12-14-28)10-9-25-7-5-4-6-8-25/h4-8,11-18,21,27,31-33,39H,19-20,22-24H2,1-3H3/p+1/t27?,31-,32+,33+/m0/s1. The van der Waals surface area contributed by atoms with Crippen molar-refractivity contribution in [3.8, 4) is 17.6 Å². The summed E-state index contributed by atoms with van der Waals surface area (Å²) in [7, 11) is 5.70. The van der Waals surface area contributed by atoms with Crippen LogP contribution in [-0.4, -0.2) is 91.3 Å². The van der Waals surface area contributed by atoms with Gasteiger partial charge < -0.3 is 20.1 Å². The Hall–Kier alpha value is -4.12. The Labute approximate surface area is 243 Å². The molecule has 0 aromatic heterocycles. The highest BCUT2D eigenvalue weighted by Gasteiger charge is 2.50. The second-order valence-corrected chi connectivity index (χ2v) is 11.0. The zero-order valence-corrected chi connectivity index (χ0v) is 24.0. The van der Waals surface area contributed by atoms with Crippen molar-refractivity contribution in [1.29, 1.82) is 0 Å². The van der Waals surface area contributed by atoms with Gasteiger partial charge in [0.1, 0.15) is 26.1 Å². The van der Waals surface area contributed by atoms with Crippen LogP contribution in [0, 0.1) is 17.8 Å². The van der Waals surface area contributed by atoms with Crippen LogP contribution in [0.3, 0.4) is 0 Å². The van der Waals surface area contributed by atoms with Gasteiger partial charge in [0.15, 0.2) is 0 Å². The van der Waals surface area contributed by atoms with Gasteiger partial charge in [0.05, 0.1) is 19.6 Å². The molecule has 0 saturated carbocycles. The number of nitrogens with one attached hydrogen (secondary N) is 1.